The predicted molar refractivity (Wildman–Crippen MR) is 95.1 cm³/mol. The Kier molecular flexibility index (Phi) is 5.90. The maximum Gasteiger partial charge on any atom is 0.251 e. The number of nitrogens with one attached hydrogen (secondary N) is 1. The molecule has 0 bridgehead atoms. The Hall–Kier alpha value is -2.53. The van der Waals surface area contributed by atoms with Gasteiger partial charge in [-0.1, -0.05) is 12.1 Å². The zero-order valence-electron chi connectivity index (χ0n) is 14.1. The highest BCUT2D eigenvalue weighted by Gasteiger charge is 2.16. The van der Waals surface area contributed by atoms with Gasteiger partial charge < -0.3 is 19.9 Å². The van der Waals surface area contributed by atoms with E-state index in [1.807, 2.05) is 6.07 Å². The summed E-state index contributed by atoms with van der Waals surface area (Å²) in [7, 11) is 0. The molecule has 0 spiro atoms. The highest BCUT2D eigenvalue weighted by molar-refractivity contribution is 5.94. The summed E-state index contributed by atoms with van der Waals surface area (Å²) in [6.45, 7) is 1.88. The summed E-state index contributed by atoms with van der Waals surface area (Å²) in [5, 5.41) is 12.3. The minimum Gasteiger partial charge on any atom is -0.508 e. The first-order valence-electron chi connectivity index (χ1n) is 8.61. The number of hydrogen-bond donors (Lipinski definition) is 2. The summed E-state index contributed by atoms with van der Waals surface area (Å²) in [4.78, 5) is 12.2. The maximum absolute atomic E-state index is 12.2. The Morgan fingerprint density at radius 3 is 2.80 bits per heavy atom. The van der Waals surface area contributed by atoms with Gasteiger partial charge in [-0.15, -0.1) is 0 Å². The highest BCUT2D eigenvalue weighted by atomic mass is 16.5. The van der Waals surface area contributed by atoms with Crippen molar-refractivity contribution in [3.8, 4) is 11.5 Å². The Balaban J connectivity index is 1.43. The largest absolute Gasteiger partial charge is 0.508 e. The average Bonchev–Trinajstić information content (AvgIpc) is 3.14. The number of benzene rings is 2. The molecule has 3 rings (SSSR count). The normalized spacial score (nSPS) is 16.6. The average molecular weight is 341 g/mol. The highest BCUT2D eigenvalue weighted by Crippen LogP contribution is 2.16. The Labute approximate surface area is 147 Å². The zero-order valence-corrected chi connectivity index (χ0v) is 14.1. The molecular weight excluding hydrogens is 318 g/mol. The molecule has 1 atom stereocenters. The molecule has 1 aliphatic heterocycles. The van der Waals surface area contributed by atoms with E-state index >= 15 is 0 Å². The minimum atomic E-state index is -0.120. The second-order valence-corrected chi connectivity index (χ2v) is 6.15. The standard InChI is InChI=1S/C20H23NO4/c22-17-4-1-3-15(13-17)10-11-21-20(23)16-6-8-18(9-7-16)25-14-19-5-2-12-24-19/h1,3-4,6-9,13,19,22H,2,5,10-12,14H2,(H,21,23). The van der Waals surface area contributed by atoms with Gasteiger partial charge in [0.1, 0.15) is 18.1 Å². The van der Waals surface area contributed by atoms with Crippen LogP contribution in [0, 0.1) is 0 Å². The third kappa shape index (κ3) is 5.22. The van der Waals surface area contributed by atoms with Crippen LogP contribution in [0.4, 0.5) is 0 Å². The number of carbonyl (C=O) groups excluding carboxylic acids is 1. The molecule has 1 heterocycles. The summed E-state index contributed by atoms with van der Waals surface area (Å²) in [5.74, 6) is 0.861. The smallest absolute Gasteiger partial charge is 0.251 e. The molecule has 0 radical (unpaired) electrons. The van der Waals surface area contributed by atoms with Crippen LogP contribution in [0.2, 0.25) is 0 Å². The Morgan fingerprint density at radius 2 is 2.08 bits per heavy atom. The molecule has 0 aliphatic carbocycles. The third-order valence-corrected chi connectivity index (χ3v) is 4.19. The van der Waals surface area contributed by atoms with E-state index in [1.165, 1.54) is 0 Å². The lowest BCUT2D eigenvalue weighted by Gasteiger charge is -2.12. The summed E-state index contributed by atoms with van der Waals surface area (Å²) < 4.78 is 11.2. The van der Waals surface area contributed by atoms with E-state index in [9.17, 15) is 9.90 Å². The van der Waals surface area contributed by atoms with Crippen molar-refractivity contribution in [1.29, 1.82) is 0 Å². The molecule has 1 saturated heterocycles. The van der Waals surface area contributed by atoms with E-state index in [0.29, 0.717) is 25.1 Å². The molecular formula is C20H23NO4. The van der Waals surface area contributed by atoms with Crippen LogP contribution in [0.15, 0.2) is 48.5 Å². The van der Waals surface area contributed by atoms with Gasteiger partial charge in [-0.05, 0) is 61.2 Å². The van der Waals surface area contributed by atoms with E-state index in [0.717, 1.165) is 30.8 Å². The van der Waals surface area contributed by atoms with Gasteiger partial charge in [-0.2, -0.15) is 0 Å². The van der Waals surface area contributed by atoms with Crippen LogP contribution in [0.25, 0.3) is 0 Å². The molecule has 0 aromatic heterocycles. The summed E-state index contributed by atoms with van der Waals surface area (Å²) in [5.41, 5.74) is 1.58. The van der Waals surface area contributed by atoms with Gasteiger partial charge in [0.15, 0.2) is 0 Å². The Bertz CT molecular complexity index is 693. The van der Waals surface area contributed by atoms with E-state index in [2.05, 4.69) is 5.32 Å². The van der Waals surface area contributed by atoms with Gasteiger partial charge >= 0.3 is 0 Å². The topological polar surface area (TPSA) is 67.8 Å². The van der Waals surface area contributed by atoms with Crippen molar-refractivity contribution in [1.82, 2.24) is 5.32 Å². The van der Waals surface area contributed by atoms with Crippen LogP contribution in [0.3, 0.4) is 0 Å². The zero-order chi connectivity index (χ0) is 17.5. The molecule has 0 saturated carbocycles. The molecule has 1 fully saturated rings. The fourth-order valence-corrected chi connectivity index (χ4v) is 2.80. The number of aromatic hydroxyl groups is 1. The van der Waals surface area contributed by atoms with E-state index in [-0.39, 0.29) is 17.8 Å². The van der Waals surface area contributed by atoms with Crippen molar-refractivity contribution >= 4 is 5.91 Å². The number of phenolic OH excluding ortho intramolecular Hbond substituents is 1. The number of carbonyl (C=O) groups is 1. The summed E-state index contributed by atoms with van der Waals surface area (Å²) >= 11 is 0. The second-order valence-electron chi connectivity index (χ2n) is 6.15. The van der Waals surface area contributed by atoms with Gasteiger partial charge in [0.2, 0.25) is 0 Å². The quantitative estimate of drug-likeness (QED) is 0.812. The Morgan fingerprint density at radius 1 is 1.24 bits per heavy atom. The maximum atomic E-state index is 12.2. The number of rotatable bonds is 7. The van der Waals surface area contributed by atoms with Crippen molar-refractivity contribution in [2.45, 2.75) is 25.4 Å². The molecule has 1 unspecified atom stereocenters. The minimum absolute atomic E-state index is 0.120. The molecule has 132 valence electrons. The molecule has 2 aromatic rings. The number of phenols is 1. The molecule has 1 amide bonds. The lowest BCUT2D eigenvalue weighted by Crippen LogP contribution is -2.25. The fraction of sp³-hybridized carbons (Fsp3) is 0.350. The van der Waals surface area contributed by atoms with Gasteiger partial charge in [0, 0.05) is 18.7 Å². The first kappa shape index (κ1) is 17.3. The van der Waals surface area contributed by atoms with Gasteiger partial charge in [-0.3, -0.25) is 4.79 Å². The van der Waals surface area contributed by atoms with Crippen molar-refractivity contribution in [3.05, 3.63) is 59.7 Å². The van der Waals surface area contributed by atoms with Gasteiger partial charge in [0.05, 0.1) is 6.10 Å². The van der Waals surface area contributed by atoms with Gasteiger partial charge in [0.25, 0.3) is 5.91 Å². The first-order chi connectivity index (χ1) is 12.2. The number of ether oxygens (including phenoxy) is 2. The van der Waals surface area contributed by atoms with Crippen LogP contribution >= 0.6 is 0 Å². The van der Waals surface area contributed by atoms with Crippen LogP contribution < -0.4 is 10.1 Å². The molecule has 2 aromatic carbocycles. The fourth-order valence-electron chi connectivity index (χ4n) is 2.80. The molecule has 5 nitrogen and oxygen atoms in total. The van der Waals surface area contributed by atoms with E-state index in [4.69, 9.17) is 9.47 Å². The van der Waals surface area contributed by atoms with Crippen molar-refractivity contribution in [2.24, 2.45) is 0 Å². The first-order valence-corrected chi connectivity index (χ1v) is 8.61. The SMILES string of the molecule is O=C(NCCc1cccc(O)c1)c1ccc(OCC2CCCO2)cc1. The number of amides is 1. The predicted octanol–water partition coefficient (Wildman–Crippen LogP) is 2.92. The lowest BCUT2D eigenvalue weighted by atomic mass is 10.1. The van der Waals surface area contributed by atoms with Crippen molar-refractivity contribution < 1.29 is 19.4 Å². The van der Waals surface area contributed by atoms with E-state index in [1.54, 1.807) is 42.5 Å². The van der Waals surface area contributed by atoms with Crippen LogP contribution in [-0.2, 0) is 11.2 Å². The molecule has 2 N–H and O–H groups in total. The third-order valence-electron chi connectivity index (χ3n) is 4.19. The number of hydrogen-bond acceptors (Lipinski definition) is 4. The van der Waals surface area contributed by atoms with Crippen molar-refractivity contribution in [2.75, 3.05) is 19.8 Å². The summed E-state index contributed by atoms with van der Waals surface area (Å²) in [6.07, 6.45) is 2.98. The second kappa shape index (κ2) is 8.53. The molecule has 1 aliphatic rings. The van der Waals surface area contributed by atoms with Gasteiger partial charge in [-0.25, -0.2) is 0 Å². The van der Waals surface area contributed by atoms with Crippen LogP contribution in [0.5, 0.6) is 11.5 Å². The van der Waals surface area contributed by atoms with Crippen LogP contribution in [-0.4, -0.2) is 36.9 Å². The molecule has 5 heteroatoms. The van der Waals surface area contributed by atoms with E-state index < -0.39 is 0 Å². The van der Waals surface area contributed by atoms with Crippen LogP contribution in [0.1, 0.15) is 28.8 Å². The summed E-state index contributed by atoms with van der Waals surface area (Å²) in [6, 6.07) is 14.2. The molecule has 25 heavy (non-hydrogen) atoms. The monoisotopic (exact) mass is 341 g/mol. The van der Waals surface area contributed by atoms with Crippen molar-refractivity contribution in [3.63, 3.8) is 0 Å². The lowest BCUT2D eigenvalue weighted by molar-refractivity contribution is 0.0679.